The fraction of sp³-hybridized carbons (Fsp3) is 0.240. The summed E-state index contributed by atoms with van der Waals surface area (Å²) >= 11 is 0. The average Bonchev–Trinajstić information content (AvgIpc) is 3.20. The van der Waals surface area contributed by atoms with Crippen molar-refractivity contribution in [1.82, 2.24) is 4.98 Å². The fourth-order valence-corrected chi connectivity index (χ4v) is 3.93. The molecule has 1 N–H and O–H groups in total. The van der Waals surface area contributed by atoms with Crippen molar-refractivity contribution in [1.29, 1.82) is 0 Å². The van der Waals surface area contributed by atoms with Crippen molar-refractivity contribution < 1.29 is 9.59 Å². The van der Waals surface area contributed by atoms with Gasteiger partial charge in [0.2, 0.25) is 5.91 Å². The Bertz CT molecular complexity index is 1100. The first-order chi connectivity index (χ1) is 14.9. The van der Waals surface area contributed by atoms with Gasteiger partial charge in [0.05, 0.1) is 12.1 Å². The molecule has 2 heterocycles. The standard InChI is InChI=1S/C25H26N4O2/c1-17-7-6-8-18(2)24(17)27-23(30)16-28(3)22-12-11-20(15-26-22)25(31)29-14-13-19-9-4-5-10-21(19)29/h4-12,15H,13-14,16H2,1-3H3,(H,27,30). The molecule has 0 aliphatic carbocycles. The molecular weight excluding hydrogens is 388 g/mol. The molecule has 31 heavy (non-hydrogen) atoms. The molecule has 0 fully saturated rings. The van der Waals surface area contributed by atoms with Crippen LogP contribution in [0.25, 0.3) is 0 Å². The summed E-state index contributed by atoms with van der Waals surface area (Å²) in [6, 6.07) is 17.4. The molecule has 6 nitrogen and oxygen atoms in total. The third kappa shape index (κ3) is 4.28. The Hall–Kier alpha value is -3.67. The summed E-state index contributed by atoms with van der Waals surface area (Å²) in [6.07, 6.45) is 2.45. The lowest BCUT2D eigenvalue weighted by atomic mass is 10.1. The van der Waals surface area contributed by atoms with Crippen LogP contribution in [-0.2, 0) is 11.2 Å². The van der Waals surface area contributed by atoms with Crippen molar-refractivity contribution in [3.63, 3.8) is 0 Å². The van der Waals surface area contributed by atoms with Gasteiger partial charge in [0.25, 0.3) is 5.91 Å². The molecule has 1 aliphatic heterocycles. The van der Waals surface area contributed by atoms with Crippen molar-refractivity contribution in [3.8, 4) is 0 Å². The van der Waals surface area contributed by atoms with Gasteiger partial charge in [0, 0.05) is 31.2 Å². The molecule has 0 saturated heterocycles. The van der Waals surface area contributed by atoms with E-state index in [0.717, 1.165) is 28.9 Å². The summed E-state index contributed by atoms with van der Waals surface area (Å²) in [5.74, 6) is 0.463. The second kappa shape index (κ2) is 8.60. The van der Waals surface area contributed by atoms with Crippen LogP contribution in [0.5, 0.6) is 0 Å². The Morgan fingerprint density at radius 3 is 2.48 bits per heavy atom. The highest BCUT2D eigenvalue weighted by Gasteiger charge is 2.25. The van der Waals surface area contributed by atoms with Gasteiger partial charge in [-0.2, -0.15) is 0 Å². The number of nitrogens with zero attached hydrogens (tertiary/aromatic N) is 3. The highest BCUT2D eigenvalue weighted by molar-refractivity contribution is 6.07. The number of hydrogen-bond donors (Lipinski definition) is 1. The monoisotopic (exact) mass is 414 g/mol. The quantitative estimate of drug-likeness (QED) is 0.686. The van der Waals surface area contributed by atoms with E-state index < -0.39 is 0 Å². The van der Waals surface area contributed by atoms with Crippen LogP contribution in [-0.4, -0.2) is 36.9 Å². The van der Waals surface area contributed by atoms with E-state index in [2.05, 4.69) is 16.4 Å². The SMILES string of the molecule is Cc1cccc(C)c1NC(=O)CN(C)c1ccc(C(=O)N2CCc3ccccc32)cn1. The Balaban J connectivity index is 1.41. The highest BCUT2D eigenvalue weighted by atomic mass is 16.2. The number of benzene rings is 2. The molecule has 1 aromatic heterocycles. The summed E-state index contributed by atoms with van der Waals surface area (Å²) in [5, 5.41) is 2.99. The molecule has 6 heteroatoms. The predicted octanol–water partition coefficient (Wildman–Crippen LogP) is 3.98. The minimum absolute atomic E-state index is 0.0561. The number of likely N-dealkylation sites (N-methyl/N-ethyl adjacent to an activating group) is 1. The topological polar surface area (TPSA) is 65.5 Å². The maximum atomic E-state index is 12.9. The third-order valence-corrected chi connectivity index (χ3v) is 5.64. The fourth-order valence-electron chi connectivity index (χ4n) is 3.93. The maximum Gasteiger partial charge on any atom is 0.259 e. The molecular formula is C25H26N4O2. The first-order valence-corrected chi connectivity index (χ1v) is 10.4. The largest absolute Gasteiger partial charge is 0.350 e. The Labute approximate surface area is 182 Å². The van der Waals surface area contributed by atoms with Crippen LogP contribution in [0.4, 0.5) is 17.2 Å². The number of carbonyl (C=O) groups excluding carboxylic acids is 2. The first kappa shape index (κ1) is 20.6. The molecule has 0 spiro atoms. The minimum Gasteiger partial charge on any atom is -0.350 e. The summed E-state index contributed by atoms with van der Waals surface area (Å²) in [5.41, 5.74) is 5.60. The van der Waals surface area contributed by atoms with Gasteiger partial charge < -0.3 is 15.1 Å². The second-order valence-corrected chi connectivity index (χ2v) is 7.91. The van der Waals surface area contributed by atoms with E-state index in [-0.39, 0.29) is 18.4 Å². The molecule has 2 amide bonds. The molecule has 0 saturated carbocycles. The second-order valence-electron chi connectivity index (χ2n) is 7.91. The number of carbonyl (C=O) groups is 2. The zero-order valence-corrected chi connectivity index (χ0v) is 18.1. The Morgan fingerprint density at radius 1 is 1.03 bits per heavy atom. The molecule has 3 aromatic rings. The first-order valence-electron chi connectivity index (χ1n) is 10.4. The number of nitrogens with one attached hydrogen (secondary N) is 1. The molecule has 4 rings (SSSR count). The number of pyridine rings is 1. The van der Waals surface area contributed by atoms with Crippen molar-refractivity contribution in [2.45, 2.75) is 20.3 Å². The Kier molecular flexibility index (Phi) is 5.71. The lowest BCUT2D eigenvalue weighted by Gasteiger charge is -2.20. The number of aromatic nitrogens is 1. The van der Waals surface area contributed by atoms with Crippen molar-refractivity contribution in [3.05, 3.63) is 83.0 Å². The van der Waals surface area contributed by atoms with Crippen molar-refractivity contribution >= 4 is 29.0 Å². The third-order valence-electron chi connectivity index (χ3n) is 5.64. The van der Waals surface area contributed by atoms with Crippen LogP contribution in [0.2, 0.25) is 0 Å². The lowest BCUT2D eigenvalue weighted by Crippen LogP contribution is -2.31. The smallest absolute Gasteiger partial charge is 0.259 e. The van der Waals surface area contributed by atoms with E-state index in [4.69, 9.17) is 0 Å². The van der Waals surface area contributed by atoms with Gasteiger partial charge in [0.1, 0.15) is 5.82 Å². The average molecular weight is 415 g/mol. The van der Waals surface area contributed by atoms with E-state index in [1.54, 1.807) is 28.1 Å². The van der Waals surface area contributed by atoms with Crippen molar-refractivity contribution in [2.75, 3.05) is 35.3 Å². The van der Waals surface area contributed by atoms with E-state index in [9.17, 15) is 9.59 Å². The number of para-hydroxylation sites is 2. The van der Waals surface area contributed by atoms with E-state index in [1.165, 1.54) is 5.56 Å². The van der Waals surface area contributed by atoms with Gasteiger partial charge in [-0.3, -0.25) is 9.59 Å². The molecule has 0 atom stereocenters. The Morgan fingerprint density at radius 2 is 1.77 bits per heavy atom. The van der Waals surface area contributed by atoms with Gasteiger partial charge in [-0.15, -0.1) is 0 Å². The summed E-state index contributed by atoms with van der Waals surface area (Å²) in [4.78, 5) is 33.5. The maximum absolute atomic E-state index is 12.9. The minimum atomic E-state index is -0.115. The van der Waals surface area contributed by atoms with E-state index in [1.807, 2.05) is 57.3 Å². The lowest BCUT2D eigenvalue weighted by molar-refractivity contribution is -0.114. The number of amides is 2. The summed E-state index contributed by atoms with van der Waals surface area (Å²) < 4.78 is 0. The molecule has 1 aliphatic rings. The van der Waals surface area contributed by atoms with Crippen LogP contribution in [0.3, 0.4) is 0 Å². The molecule has 2 aromatic carbocycles. The van der Waals surface area contributed by atoms with Gasteiger partial charge in [-0.25, -0.2) is 4.98 Å². The van der Waals surface area contributed by atoms with Crippen LogP contribution in [0.1, 0.15) is 27.0 Å². The van der Waals surface area contributed by atoms with Gasteiger partial charge in [0.15, 0.2) is 0 Å². The summed E-state index contributed by atoms with van der Waals surface area (Å²) in [7, 11) is 1.81. The van der Waals surface area contributed by atoms with E-state index in [0.29, 0.717) is 17.9 Å². The van der Waals surface area contributed by atoms with Crippen LogP contribution < -0.4 is 15.1 Å². The van der Waals surface area contributed by atoms with Gasteiger partial charge in [-0.1, -0.05) is 36.4 Å². The normalized spacial score (nSPS) is 12.4. The summed E-state index contributed by atoms with van der Waals surface area (Å²) in [6.45, 7) is 4.79. The van der Waals surface area contributed by atoms with Crippen LogP contribution >= 0.6 is 0 Å². The zero-order valence-electron chi connectivity index (χ0n) is 18.1. The number of aryl methyl sites for hydroxylation is 2. The van der Waals surface area contributed by atoms with Crippen LogP contribution in [0, 0.1) is 13.8 Å². The molecule has 158 valence electrons. The number of rotatable bonds is 5. The van der Waals surface area contributed by atoms with Gasteiger partial charge >= 0.3 is 0 Å². The molecule has 0 unspecified atom stereocenters. The van der Waals surface area contributed by atoms with Gasteiger partial charge in [-0.05, 0) is 55.2 Å². The van der Waals surface area contributed by atoms with Crippen molar-refractivity contribution in [2.24, 2.45) is 0 Å². The number of hydrogen-bond acceptors (Lipinski definition) is 4. The predicted molar refractivity (Wildman–Crippen MR) is 124 cm³/mol. The number of fused-ring (bicyclic) bond motifs is 1. The highest BCUT2D eigenvalue weighted by Crippen LogP contribution is 2.29. The van der Waals surface area contributed by atoms with Crippen LogP contribution in [0.15, 0.2) is 60.8 Å². The molecule has 0 bridgehead atoms. The van der Waals surface area contributed by atoms with E-state index >= 15 is 0 Å². The zero-order chi connectivity index (χ0) is 22.0. The number of anilines is 3. The molecule has 0 radical (unpaired) electrons.